The maximum Gasteiger partial charge on any atom is 0.259 e. The lowest BCUT2D eigenvalue weighted by Gasteiger charge is -2.16. The van der Waals surface area contributed by atoms with Crippen LogP contribution in [0.3, 0.4) is 0 Å². The van der Waals surface area contributed by atoms with Gasteiger partial charge in [0, 0.05) is 37.0 Å². The summed E-state index contributed by atoms with van der Waals surface area (Å²) in [6.07, 6.45) is 6.08. The Kier molecular flexibility index (Phi) is 3.83. The van der Waals surface area contributed by atoms with Gasteiger partial charge < -0.3 is 9.42 Å². The highest BCUT2D eigenvalue weighted by Gasteiger charge is 2.30. The quantitative estimate of drug-likeness (QED) is 0.742. The van der Waals surface area contributed by atoms with Crippen LogP contribution >= 0.6 is 0 Å². The Labute approximate surface area is 139 Å². The van der Waals surface area contributed by atoms with Gasteiger partial charge in [0.25, 0.3) is 5.91 Å². The van der Waals surface area contributed by atoms with Crippen LogP contribution in [0.25, 0.3) is 11.3 Å². The SMILES string of the molecule is O=C(c1cnoc1-c1ccccc1)N1CCC(c2ccncc2)C1. The second-order valence-electron chi connectivity index (χ2n) is 5.95. The summed E-state index contributed by atoms with van der Waals surface area (Å²) in [6, 6.07) is 13.6. The van der Waals surface area contributed by atoms with Gasteiger partial charge in [-0.2, -0.15) is 0 Å². The van der Waals surface area contributed by atoms with Crippen molar-refractivity contribution < 1.29 is 9.32 Å². The molecule has 0 aliphatic carbocycles. The molecule has 120 valence electrons. The number of aromatic nitrogens is 2. The minimum absolute atomic E-state index is 0.0216. The molecule has 0 spiro atoms. The lowest BCUT2D eigenvalue weighted by Crippen LogP contribution is -2.28. The molecule has 1 aliphatic rings. The fourth-order valence-electron chi connectivity index (χ4n) is 3.21. The average Bonchev–Trinajstić information content (AvgIpc) is 3.32. The minimum Gasteiger partial charge on any atom is -0.355 e. The van der Waals surface area contributed by atoms with Crippen LogP contribution in [0.1, 0.15) is 28.3 Å². The summed E-state index contributed by atoms with van der Waals surface area (Å²) < 4.78 is 5.34. The third kappa shape index (κ3) is 2.69. The highest BCUT2D eigenvalue weighted by atomic mass is 16.5. The first kappa shape index (κ1) is 14.6. The van der Waals surface area contributed by atoms with Gasteiger partial charge in [-0.25, -0.2) is 0 Å². The van der Waals surface area contributed by atoms with Crippen LogP contribution in [0.2, 0.25) is 0 Å². The number of rotatable bonds is 3. The standard InChI is InChI=1S/C19H17N3O2/c23-19(17-12-21-24-18(17)15-4-2-1-3-5-15)22-11-8-16(13-22)14-6-9-20-10-7-14/h1-7,9-10,12,16H,8,11,13H2. The molecule has 1 aromatic carbocycles. The van der Waals surface area contributed by atoms with E-state index in [2.05, 4.69) is 10.1 Å². The first-order valence-corrected chi connectivity index (χ1v) is 8.02. The van der Waals surface area contributed by atoms with E-state index in [0.717, 1.165) is 18.5 Å². The molecule has 24 heavy (non-hydrogen) atoms. The summed E-state index contributed by atoms with van der Waals surface area (Å²) >= 11 is 0. The molecule has 1 amide bonds. The first-order chi connectivity index (χ1) is 11.8. The van der Waals surface area contributed by atoms with Gasteiger partial charge in [0.15, 0.2) is 5.76 Å². The number of amides is 1. The van der Waals surface area contributed by atoms with Crippen molar-refractivity contribution in [2.45, 2.75) is 12.3 Å². The average molecular weight is 319 g/mol. The van der Waals surface area contributed by atoms with Crippen LogP contribution in [-0.4, -0.2) is 34.0 Å². The number of benzene rings is 1. The van der Waals surface area contributed by atoms with Gasteiger partial charge in [-0.15, -0.1) is 0 Å². The molecule has 0 saturated carbocycles. The van der Waals surface area contributed by atoms with E-state index in [-0.39, 0.29) is 5.91 Å². The maximum absolute atomic E-state index is 12.9. The van der Waals surface area contributed by atoms with Crippen LogP contribution in [0.5, 0.6) is 0 Å². The third-order valence-corrected chi connectivity index (χ3v) is 4.49. The normalized spacial score (nSPS) is 17.2. The number of hydrogen-bond acceptors (Lipinski definition) is 4. The molecule has 0 N–H and O–H groups in total. The summed E-state index contributed by atoms with van der Waals surface area (Å²) in [5.74, 6) is 0.872. The summed E-state index contributed by atoms with van der Waals surface area (Å²) in [7, 11) is 0. The Morgan fingerprint density at radius 1 is 1.12 bits per heavy atom. The van der Waals surface area contributed by atoms with Crippen molar-refractivity contribution in [1.29, 1.82) is 0 Å². The first-order valence-electron chi connectivity index (χ1n) is 8.02. The van der Waals surface area contributed by atoms with Crippen molar-refractivity contribution in [1.82, 2.24) is 15.0 Å². The summed E-state index contributed by atoms with van der Waals surface area (Å²) in [5.41, 5.74) is 2.62. The van der Waals surface area contributed by atoms with E-state index in [0.29, 0.717) is 23.8 Å². The Morgan fingerprint density at radius 3 is 2.71 bits per heavy atom. The van der Waals surface area contributed by atoms with Crippen LogP contribution in [0.4, 0.5) is 0 Å². The molecule has 2 aromatic heterocycles. The number of carbonyl (C=O) groups excluding carboxylic acids is 1. The van der Waals surface area contributed by atoms with Crippen molar-refractivity contribution in [3.05, 3.63) is 72.2 Å². The Hall–Kier alpha value is -2.95. The molecule has 1 unspecified atom stereocenters. The number of hydrogen-bond donors (Lipinski definition) is 0. The van der Waals surface area contributed by atoms with E-state index in [1.54, 1.807) is 12.4 Å². The van der Waals surface area contributed by atoms with Gasteiger partial charge in [-0.1, -0.05) is 35.5 Å². The van der Waals surface area contributed by atoms with E-state index in [4.69, 9.17) is 4.52 Å². The minimum atomic E-state index is -0.0216. The molecule has 1 atom stereocenters. The zero-order valence-corrected chi connectivity index (χ0v) is 13.1. The fraction of sp³-hybridized carbons (Fsp3) is 0.211. The molecule has 3 aromatic rings. The van der Waals surface area contributed by atoms with Crippen molar-refractivity contribution in [2.24, 2.45) is 0 Å². The summed E-state index contributed by atoms with van der Waals surface area (Å²) in [6.45, 7) is 1.45. The van der Waals surface area contributed by atoms with E-state index in [1.165, 1.54) is 11.8 Å². The van der Waals surface area contributed by atoms with Crippen LogP contribution in [-0.2, 0) is 0 Å². The molecule has 1 aliphatic heterocycles. The smallest absolute Gasteiger partial charge is 0.259 e. The molecule has 0 bridgehead atoms. The Bertz CT molecular complexity index is 830. The summed E-state index contributed by atoms with van der Waals surface area (Å²) in [4.78, 5) is 18.8. The number of likely N-dealkylation sites (tertiary alicyclic amines) is 1. The topological polar surface area (TPSA) is 59.2 Å². The van der Waals surface area contributed by atoms with Gasteiger partial charge >= 0.3 is 0 Å². The highest BCUT2D eigenvalue weighted by Crippen LogP contribution is 2.30. The second-order valence-corrected chi connectivity index (χ2v) is 5.95. The molecule has 0 radical (unpaired) electrons. The molecular formula is C19H17N3O2. The van der Waals surface area contributed by atoms with E-state index >= 15 is 0 Å². The molecule has 1 saturated heterocycles. The van der Waals surface area contributed by atoms with E-state index < -0.39 is 0 Å². The number of pyridine rings is 1. The van der Waals surface area contributed by atoms with Crippen LogP contribution in [0.15, 0.2) is 65.6 Å². The monoisotopic (exact) mass is 319 g/mol. The Balaban J connectivity index is 1.55. The van der Waals surface area contributed by atoms with Crippen molar-refractivity contribution in [2.75, 3.05) is 13.1 Å². The van der Waals surface area contributed by atoms with E-state index in [1.807, 2.05) is 47.4 Å². The zero-order chi connectivity index (χ0) is 16.4. The largest absolute Gasteiger partial charge is 0.355 e. The van der Waals surface area contributed by atoms with Crippen molar-refractivity contribution in [3.8, 4) is 11.3 Å². The number of carbonyl (C=O) groups is 1. The Morgan fingerprint density at radius 2 is 1.92 bits per heavy atom. The van der Waals surface area contributed by atoms with Crippen LogP contribution in [0, 0.1) is 0 Å². The zero-order valence-electron chi connectivity index (χ0n) is 13.1. The molecule has 4 rings (SSSR count). The maximum atomic E-state index is 12.9. The lowest BCUT2D eigenvalue weighted by atomic mass is 10.00. The van der Waals surface area contributed by atoms with E-state index in [9.17, 15) is 4.79 Å². The fourth-order valence-corrected chi connectivity index (χ4v) is 3.21. The molecule has 5 heteroatoms. The predicted octanol–water partition coefficient (Wildman–Crippen LogP) is 3.37. The second kappa shape index (κ2) is 6.28. The van der Waals surface area contributed by atoms with Gasteiger partial charge in [0.2, 0.25) is 0 Å². The molecule has 1 fully saturated rings. The third-order valence-electron chi connectivity index (χ3n) is 4.49. The van der Waals surface area contributed by atoms with Gasteiger partial charge in [-0.3, -0.25) is 9.78 Å². The van der Waals surface area contributed by atoms with Gasteiger partial charge in [0.05, 0.1) is 6.20 Å². The summed E-state index contributed by atoms with van der Waals surface area (Å²) in [5, 5.41) is 3.84. The molecular weight excluding hydrogens is 302 g/mol. The highest BCUT2D eigenvalue weighted by molar-refractivity contribution is 5.99. The van der Waals surface area contributed by atoms with Gasteiger partial charge in [-0.05, 0) is 24.1 Å². The number of nitrogens with zero attached hydrogens (tertiary/aromatic N) is 3. The van der Waals surface area contributed by atoms with Crippen molar-refractivity contribution >= 4 is 5.91 Å². The predicted molar refractivity (Wildman–Crippen MR) is 89.4 cm³/mol. The van der Waals surface area contributed by atoms with Crippen LogP contribution < -0.4 is 0 Å². The molecule has 5 nitrogen and oxygen atoms in total. The molecule has 3 heterocycles. The lowest BCUT2D eigenvalue weighted by molar-refractivity contribution is 0.0791. The van der Waals surface area contributed by atoms with Crippen molar-refractivity contribution in [3.63, 3.8) is 0 Å². The van der Waals surface area contributed by atoms with Gasteiger partial charge in [0.1, 0.15) is 5.56 Å².